The van der Waals surface area contributed by atoms with Crippen LogP contribution < -0.4 is 0 Å². The summed E-state index contributed by atoms with van der Waals surface area (Å²) in [6.45, 7) is 10.7. The van der Waals surface area contributed by atoms with Gasteiger partial charge in [0.25, 0.3) is 0 Å². The molecule has 0 spiro atoms. The summed E-state index contributed by atoms with van der Waals surface area (Å²) in [7, 11) is 0. The molecule has 0 aromatic rings. The topological polar surface area (TPSA) is 117 Å². The molecule has 2 bridgehead atoms. The molecule has 8 unspecified atom stereocenters. The van der Waals surface area contributed by atoms with Gasteiger partial charge in [-0.05, 0) is 78.1 Å². The molecule has 232 valence electrons. The molecular weight excluding hydrogens is 560 g/mol. The highest BCUT2D eigenvalue weighted by Gasteiger charge is 2.61. The van der Waals surface area contributed by atoms with Gasteiger partial charge in [0.15, 0.2) is 11.2 Å². The molecule has 0 aliphatic heterocycles. The normalized spacial score (nSPS) is 32.3. The minimum absolute atomic E-state index is 0.0313. The molecule has 0 heterocycles. The van der Waals surface area contributed by atoms with Crippen molar-refractivity contribution in [3.05, 3.63) is 24.3 Å². The predicted octanol–water partition coefficient (Wildman–Crippen LogP) is 5.56. The number of halogens is 6. The van der Waals surface area contributed by atoms with E-state index in [0.717, 1.165) is 19.3 Å². The van der Waals surface area contributed by atoms with Crippen LogP contribution in [0.4, 0.5) is 26.3 Å². The van der Waals surface area contributed by atoms with E-state index in [2.05, 4.69) is 19.2 Å². The van der Waals surface area contributed by atoms with Crippen LogP contribution in [0.2, 0.25) is 0 Å². The molecule has 0 aromatic heterocycles. The number of fused-ring (bicyclic) bond motifs is 2. The summed E-state index contributed by atoms with van der Waals surface area (Å²) in [6, 6.07) is 2.33. The highest BCUT2D eigenvalue weighted by molar-refractivity contribution is 5.87. The first-order valence-electron chi connectivity index (χ1n) is 13.2. The Morgan fingerprint density at radius 3 is 1.54 bits per heavy atom. The Balaban J connectivity index is 0.000000329. The van der Waals surface area contributed by atoms with E-state index in [1.165, 1.54) is 6.92 Å². The van der Waals surface area contributed by atoms with Crippen molar-refractivity contribution in [1.82, 2.24) is 0 Å². The third-order valence-corrected chi connectivity index (χ3v) is 8.59. The molecule has 2 N–H and O–H groups in total. The second-order valence-electron chi connectivity index (χ2n) is 11.9. The first kappa shape index (κ1) is 34.6. The number of ether oxygens (including phenoxy) is 2. The van der Waals surface area contributed by atoms with Gasteiger partial charge in [0.2, 0.25) is 0 Å². The number of aliphatic hydroxyl groups is 2. The molecule has 3 aliphatic rings. The van der Waals surface area contributed by atoms with Crippen molar-refractivity contribution in [1.29, 1.82) is 5.26 Å². The van der Waals surface area contributed by atoms with Gasteiger partial charge in [-0.3, -0.25) is 0 Å². The molecule has 7 nitrogen and oxygen atoms in total. The molecule has 3 rings (SSSR count). The summed E-state index contributed by atoms with van der Waals surface area (Å²) in [5.41, 5.74) is -6.23. The van der Waals surface area contributed by atoms with Gasteiger partial charge in [-0.25, -0.2) is 9.59 Å². The second-order valence-corrected chi connectivity index (χ2v) is 11.9. The van der Waals surface area contributed by atoms with E-state index in [1.807, 2.05) is 0 Å². The molecule has 3 aliphatic carbocycles. The number of hydrogen-bond donors (Lipinski definition) is 2. The maximum atomic E-state index is 13.1. The molecular formula is C28H37F6NO6. The molecule has 0 amide bonds. The Bertz CT molecular complexity index is 1030. The summed E-state index contributed by atoms with van der Waals surface area (Å²) in [5, 5.41) is 28.6. The lowest BCUT2D eigenvalue weighted by Gasteiger charge is -2.46. The van der Waals surface area contributed by atoms with Crippen molar-refractivity contribution in [3.63, 3.8) is 0 Å². The minimum atomic E-state index is -5.10. The van der Waals surface area contributed by atoms with Crippen LogP contribution >= 0.6 is 0 Å². The van der Waals surface area contributed by atoms with Crippen molar-refractivity contribution in [2.75, 3.05) is 0 Å². The summed E-state index contributed by atoms with van der Waals surface area (Å²) < 4.78 is 89.1. The monoisotopic (exact) mass is 597 g/mol. The SMILES string of the molecule is C=C(C)C(=O)OC1CC(C(C)(O)C(F)(F)F)CC(C(C)(O)C(F)(F)F)C1.C=C(C)C(=O)OC1CC2CC1CC2C#N. The van der Waals surface area contributed by atoms with Crippen LogP contribution in [0.25, 0.3) is 0 Å². The third kappa shape index (κ3) is 7.83. The van der Waals surface area contributed by atoms with E-state index in [9.17, 15) is 46.1 Å². The fourth-order valence-electron chi connectivity index (χ4n) is 5.76. The highest BCUT2D eigenvalue weighted by atomic mass is 19.4. The van der Waals surface area contributed by atoms with Crippen LogP contribution in [0.15, 0.2) is 24.3 Å². The van der Waals surface area contributed by atoms with Crippen molar-refractivity contribution in [2.45, 2.75) is 102 Å². The van der Waals surface area contributed by atoms with Crippen LogP contribution in [0, 0.1) is 40.9 Å². The molecule has 13 heteroatoms. The Labute approximate surface area is 235 Å². The third-order valence-electron chi connectivity index (χ3n) is 8.59. The molecule has 3 saturated carbocycles. The van der Waals surface area contributed by atoms with Crippen molar-refractivity contribution in [3.8, 4) is 6.07 Å². The standard InChI is InChI=1S/C16H22F6O4.C12H15NO2/c1-8(2)12(23)26-11-6-9(13(3,24)15(17,18)19)5-10(7-11)14(4,25)16(20,21)22;1-7(2)12(14)15-11-5-8-3-9(11)4-10(8)6-13/h9-11,24-25H,1,5-7H2,2-4H3;8-11H,1,3-5H2,2H3. The zero-order chi connectivity index (χ0) is 31.7. The summed E-state index contributed by atoms with van der Waals surface area (Å²) in [5.74, 6) is -3.61. The fourth-order valence-corrected chi connectivity index (χ4v) is 5.76. The lowest BCUT2D eigenvalue weighted by molar-refractivity contribution is -0.299. The molecule has 8 atom stereocenters. The summed E-state index contributed by atoms with van der Waals surface area (Å²) in [6.07, 6.45) is -10.4. The second kappa shape index (κ2) is 12.3. The first-order valence-corrected chi connectivity index (χ1v) is 13.2. The highest BCUT2D eigenvalue weighted by Crippen LogP contribution is 2.51. The maximum absolute atomic E-state index is 13.1. The number of nitriles is 1. The smallest absolute Gasteiger partial charge is 0.417 e. The van der Waals surface area contributed by atoms with Crippen molar-refractivity contribution in [2.24, 2.45) is 29.6 Å². The molecule has 0 saturated heterocycles. The van der Waals surface area contributed by atoms with E-state index in [-0.39, 0.29) is 23.6 Å². The minimum Gasteiger partial charge on any atom is -0.459 e. The number of carbonyl (C=O) groups excluding carboxylic acids is 2. The maximum Gasteiger partial charge on any atom is 0.417 e. The lowest BCUT2D eigenvalue weighted by atomic mass is 9.67. The van der Waals surface area contributed by atoms with Gasteiger partial charge in [0.05, 0.1) is 6.07 Å². The molecule has 0 aromatic carbocycles. The number of esters is 2. The molecule has 0 radical (unpaired) electrons. The van der Waals surface area contributed by atoms with E-state index < -0.39 is 66.7 Å². The fraction of sp³-hybridized carbons (Fsp3) is 0.750. The van der Waals surface area contributed by atoms with E-state index in [4.69, 9.17) is 14.7 Å². The number of alkyl halides is 6. The van der Waals surface area contributed by atoms with Crippen molar-refractivity contribution < 1.29 is 55.6 Å². The van der Waals surface area contributed by atoms with Gasteiger partial charge in [0.1, 0.15) is 12.2 Å². The van der Waals surface area contributed by atoms with E-state index >= 15 is 0 Å². The Kier molecular flexibility index (Phi) is 10.4. The van der Waals surface area contributed by atoms with Gasteiger partial charge in [-0.15, -0.1) is 0 Å². The Hall–Kier alpha value is -2.59. The van der Waals surface area contributed by atoms with Crippen LogP contribution in [0.3, 0.4) is 0 Å². The Morgan fingerprint density at radius 2 is 1.20 bits per heavy atom. The lowest BCUT2D eigenvalue weighted by Crippen LogP contribution is -2.57. The van der Waals surface area contributed by atoms with Crippen molar-refractivity contribution >= 4 is 11.9 Å². The van der Waals surface area contributed by atoms with Gasteiger partial charge < -0.3 is 19.7 Å². The van der Waals surface area contributed by atoms with Gasteiger partial charge >= 0.3 is 24.3 Å². The average Bonchev–Trinajstić information content (AvgIpc) is 3.42. The summed E-state index contributed by atoms with van der Waals surface area (Å²) >= 11 is 0. The average molecular weight is 598 g/mol. The van der Waals surface area contributed by atoms with E-state index in [1.54, 1.807) is 6.92 Å². The van der Waals surface area contributed by atoms with Crippen LogP contribution in [-0.4, -0.2) is 57.9 Å². The number of carbonyl (C=O) groups is 2. The van der Waals surface area contributed by atoms with E-state index in [0.29, 0.717) is 31.3 Å². The number of nitrogens with zero attached hydrogens (tertiary/aromatic N) is 1. The zero-order valence-corrected chi connectivity index (χ0v) is 23.4. The van der Waals surface area contributed by atoms with Crippen LogP contribution in [0.1, 0.15) is 66.2 Å². The summed E-state index contributed by atoms with van der Waals surface area (Å²) in [4.78, 5) is 23.0. The zero-order valence-electron chi connectivity index (χ0n) is 23.4. The van der Waals surface area contributed by atoms with Gasteiger partial charge in [-0.1, -0.05) is 13.2 Å². The largest absolute Gasteiger partial charge is 0.459 e. The van der Waals surface area contributed by atoms with Crippen LogP contribution in [-0.2, 0) is 19.1 Å². The molecule has 41 heavy (non-hydrogen) atoms. The number of hydrogen-bond acceptors (Lipinski definition) is 7. The molecule has 3 fully saturated rings. The quantitative estimate of drug-likeness (QED) is 0.234. The first-order chi connectivity index (χ1) is 18.5. The predicted molar refractivity (Wildman–Crippen MR) is 134 cm³/mol. The van der Waals surface area contributed by atoms with Crippen LogP contribution in [0.5, 0.6) is 0 Å². The van der Waals surface area contributed by atoms with Gasteiger partial charge in [-0.2, -0.15) is 31.6 Å². The number of rotatable bonds is 6. The Morgan fingerprint density at radius 1 is 0.756 bits per heavy atom. The van der Waals surface area contributed by atoms with Gasteiger partial charge in [0, 0.05) is 28.9 Å².